The van der Waals surface area contributed by atoms with Crippen LogP contribution in [-0.4, -0.2) is 16.6 Å². The summed E-state index contributed by atoms with van der Waals surface area (Å²) in [6.07, 6.45) is 4.76. The molecule has 18 heavy (non-hydrogen) atoms. The molecule has 0 fully saturated rings. The van der Waals surface area contributed by atoms with Crippen LogP contribution in [0.25, 0.3) is 0 Å². The molecule has 1 aromatic carbocycles. The van der Waals surface area contributed by atoms with Gasteiger partial charge in [0.2, 0.25) is 0 Å². The van der Waals surface area contributed by atoms with Gasteiger partial charge in [0.05, 0.1) is 11.9 Å². The van der Waals surface area contributed by atoms with Crippen LogP contribution >= 0.6 is 0 Å². The van der Waals surface area contributed by atoms with Crippen LogP contribution in [0.15, 0.2) is 36.7 Å². The lowest BCUT2D eigenvalue weighted by Gasteiger charge is -2.31. The van der Waals surface area contributed by atoms with Gasteiger partial charge in [-0.1, -0.05) is 6.07 Å². The molecule has 3 heteroatoms. The van der Waals surface area contributed by atoms with Gasteiger partial charge in [0.15, 0.2) is 0 Å². The van der Waals surface area contributed by atoms with Crippen LogP contribution in [0, 0.1) is 6.92 Å². The Labute approximate surface area is 107 Å². The van der Waals surface area contributed by atoms with Gasteiger partial charge in [-0.25, -0.2) is 0 Å². The first-order valence-electron chi connectivity index (χ1n) is 6.20. The van der Waals surface area contributed by atoms with Gasteiger partial charge in [-0.2, -0.15) is 0 Å². The number of aromatic hydroxyl groups is 1. The first-order chi connectivity index (χ1) is 8.74. The van der Waals surface area contributed by atoms with E-state index < -0.39 is 0 Å². The van der Waals surface area contributed by atoms with Crippen molar-refractivity contribution in [3.8, 4) is 5.75 Å². The second-order valence-corrected chi connectivity index (χ2v) is 4.79. The topological polar surface area (TPSA) is 36.4 Å². The van der Waals surface area contributed by atoms with E-state index in [0.29, 0.717) is 5.75 Å². The van der Waals surface area contributed by atoms with E-state index in [1.807, 2.05) is 30.6 Å². The van der Waals surface area contributed by atoms with Gasteiger partial charge < -0.3 is 10.0 Å². The van der Waals surface area contributed by atoms with Crippen LogP contribution in [-0.2, 0) is 13.0 Å². The lowest BCUT2D eigenvalue weighted by molar-refractivity contribution is 0.473. The number of phenolic OH excluding ortho intramolecular Hbond substituents is 1. The van der Waals surface area contributed by atoms with E-state index in [0.717, 1.165) is 19.5 Å². The molecule has 0 saturated heterocycles. The van der Waals surface area contributed by atoms with E-state index >= 15 is 0 Å². The van der Waals surface area contributed by atoms with E-state index in [2.05, 4.69) is 16.8 Å². The number of aromatic nitrogens is 1. The number of phenols is 1. The molecule has 0 saturated carbocycles. The van der Waals surface area contributed by atoms with Crippen molar-refractivity contribution in [2.24, 2.45) is 0 Å². The fourth-order valence-corrected chi connectivity index (χ4v) is 2.54. The third kappa shape index (κ3) is 1.92. The van der Waals surface area contributed by atoms with E-state index in [9.17, 15) is 5.11 Å². The maximum absolute atomic E-state index is 9.57. The molecule has 3 nitrogen and oxygen atoms in total. The Balaban J connectivity index is 1.93. The Kier molecular flexibility index (Phi) is 2.67. The molecule has 92 valence electrons. The fourth-order valence-electron chi connectivity index (χ4n) is 2.54. The van der Waals surface area contributed by atoms with Crippen LogP contribution in [0.2, 0.25) is 0 Å². The summed E-state index contributed by atoms with van der Waals surface area (Å²) in [5.74, 6) is 0.346. The van der Waals surface area contributed by atoms with Gasteiger partial charge in [0, 0.05) is 19.3 Å². The quantitative estimate of drug-likeness (QED) is 0.832. The lowest BCUT2D eigenvalue weighted by atomic mass is 9.99. The highest BCUT2D eigenvalue weighted by Gasteiger charge is 2.18. The fraction of sp³-hybridized carbons (Fsp3) is 0.267. The van der Waals surface area contributed by atoms with Crippen LogP contribution in [0.4, 0.5) is 5.69 Å². The van der Waals surface area contributed by atoms with Crippen molar-refractivity contribution >= 4 is 5.69 Å². The Hall–Kier alpha value is -2.03. The van der Waals surface area contributed by atoms with Gasteiger partial charge in [-0.05, 0) is 48.2 Å². The Morgan fingerprint density at radius 1 is 1.22 bits per heavy atom. The van der Waals surface area contributed by atoms with Crippen LogP contribution < -0.4 is 4.90 Å². The minimum absolute atomic E-state index is 0.346. The molecule has 0 unspecified atom stereocenters. The molecule has 2 heterocycles. The standard InChI is InChI=1S/C15H16N2O/c1-11-4-6-16-9-15(11)17-7-5-12-2-3-14(18)8-13(12)10-17/h2-4,6,8-9,18H,5,7,10H2,1H3. The average Bonchev–Trinajstić information content (AvgIpc) is 2.38. The van der Waals surface area contributed by atoms with Crippen LogP contribution in [0.5, 0.6) is 5.75 Å². The summed E-state index contributed by atoms with van der Waals surface area (Å²) in [4.78, 5) is 6.53. The number of hydrogen-bond donors (Lipinski definition) is 1. The molecule has 2 aromatic rings. The number of fused-ring (bicyclic) bond motifs is 1. The van der Waals surface area contributed by atoms with E-state index in [4.69, 9.17) is 0 Å². The Morgan fingerprint density at radius 3 is 2.94 bits per heavy atom. The largest absolute Gasteiger partial charge is 0.508 e. The van der Waals surface area contributed by atoms with Crippen molar-refractivity contribution in [3.63, 3.8) is 0 Å². The zero-order valence-electron chi connectivity index (χ0n) is 10.4. The summed E-state index contributed by atoms with van der Waals surface area (Å²) in [6.45, 7) is 3.95. The summed E-state index contributed by atoms with van der Waals surface area (Å²) in [7, 11) is 0. The number of nitrogens with zero attached hydrogens (tertiary/aromatic N) is 2. The number of benzene rings is 1. The monoisotopic (exact) mass is 240 g/mol. The summed E-state index contributed by atoms with van der Waals surface area (Å²) < 4.78 is 0. The minimum atomic E-state index is 0.346. The molecule has 0 spiro atoms. The molecule has 0 bridgehead atoms. The Morgan fingerprint density at radius 2 is 2.11 bits per heavy atom. The molecule has 3 rings (SSSR count). The normalized spacial score (nSPS) is 14.4. The van der Waals surface area contributed by atoms with Gasteiger partial charge in [0.1, 0.15) is 5.75 Å². The van der Waals surface area contributed by atoms with Crippen molar-refractivity contribution in [2.45, 2.75) is 19.9 Å². The van der Waals surface area contributed by atoms with Crippen molar-refractivity contribution in [2.75, 3.05) is 11.4 Å². The maximum atomic E-state index is 9.57. The van der Waals surface area contributed by atoms with E-state index in [-0.39, 0.29) is 0 Å². The molecule has 0 radical (unpaired) electrons. The smallest absolute Gasteiger partial charge is 0.115 e. The molecule has 0 atom stereocenters. The van der Waals surface area contributed by atoms with Gasteiger partial charge in [-0.15, -0.1) is 0 Å². The zero-order chi connectivity index (χ0) is 12.5. The van der Waals surface area contributed by atoms with Crippen LogP contribution in [0.1, 0.15) is 16.7 Å². The lowest BCUT2D eigenvalue weighted by Crippen LogP contribution is -2.30. The molecular weight excluding hydrogens is 224 g/mol. The summed E-state index contributed by atoms with van der Waals surface area (Å²) in [6, 6.07) is 7.70. The molecule has 1 aliphatic heterocycles. The van der Waals surface area contributed by atoms with Crippen molar-refractivity contribution in [1.82, 2.24) is 4.98 Å². The average molecular weight is 240 g/mol. The highest BCUT2D eigenvalue weighted by molar-refractivity contribution is 5.53. The maximum Gasteiger partial charge on any atom is 0.115 e. The predicted molar refractivity (Wildman–Crippen MR) is 71.8 cm³/mol. The van der Waals surface area contributed by atoms with E-state index in [1.54, 1.807) is 6.07 Å². The predicted octanol–water partition coefficient (Wildman–Crippen LogP) is 2.66. The summed E-state index contributed by atoms with van der Waals surface area (Å²) in [5.41, 5.74) is 4.98. The SMILES string of the molecule is Cc1ccncc1N1CCc2ccc(O)cc2C1. The second-order valence-electron chi connectivity index (χ2n) is 4.79. The molecule has 1 N–H and O–H groups in total. The highest BCUT2D eigenvalue weighted by Crippen LogP contribution is 2.28. The molecule has 0 amide bonds. The van der Waals surface area contributed by atoms with E-state index in [1.165, 1.54) is 22.4 Å². The van der Waals surface area contributed by atoms with Gasteiger partial charge >= 0.3 is 0 Å². The summed E-state index contributed by atoms with van der Waals surface area (Å²) >= 11 is 0. The molecular formula is C15H16N2O. The third-order valence-corrected chi connectivity index (χ3v) is 3.55. The number of rotatable bonds is 1. The van der Waals surface area contributed by atoms with Gasteiger partial charge in [0.25, 0.3) is 0 Å². The highest BCUT2D eigenvalue weighted by atomic mass is 16.3. The van der Waals surface area contributed by atoms with Crippen molar-refractivity contribution < 1.29 is 5.11 Å². The molecule has 1 aromatic heterocycles. The first-order valence-corrected chi connectivity index (χ1v) is 6.20. The molecule has 1 aliphatic rings. The zero-order valence-corrected chi connectivity index (χ0v) is 10.4. The summed E-state index contributed by atoms with van der Waals surface area (Å²) in [5, 5.41) is 9.57. The van der Waals surface area contributed by atoms with Crippen LogP contribution in [0.3, 0.4) is 0 Å². The number of aryl methyl sites for hydroxylation is 1. The number of hydrogen-bond acceptors (Lipinski definition) is 3. The Bertz CT molecular complexity index is 580. The third-order valence-electron chi connectivity index (χ3n) is 3.55. The van der Waals surface area contributed by atoms with Crippen molar-refractivity contribution in [3.05, 3.63) is 53.3 Å². The number of pyridine rings is 1. The second kappa shape index (κ2) is 4.33. The minimum Gasteiger partial charge on any atom is -0.508 e. The molecule has 0 aliphatic carbocycles. The first kappa shape index (κ1) is 11.1. The van der Waals surface area contributed by atoms with Crippen molar-refractivity contribution in [1.29, 1.82) is 0 Å². The van der Waals surface area contributed by atoms with Gasteiger partial charge in [-0.3, -0.25) is 4.98 Å². The number of anilines is 1.